The van der Waals surface area contributed by atoms with Gasteiger partial charge in [-0.3, -0.25) is 0 Å². The third-order valence-corrected chi connectivity index (χ3v) is 3.07. The van der Waals surface area contributed by atoms with Crippen LogP contribution < -0.4 is 5.32 Å². The van der Waals surface area contributed by atoms with E-state index in [9.17, 15) is 4.39 Å². The van der Waals surface area contributed by atoms with Gasteiger partial charge in [0.2, 0.25) is 0 Å². The smallest absolute Gasteiger partial charge is 0.129 e. The molecule has 0 saturated heterocycles. The van der Waals surface area contributed by atoms with Gasteiger partial charge in [-0.2, -0.15) is 0 Å². The van der Waals surface area contributed by atoms with Crippen molar-refractivity contribution in [1.82, 2.24) is 5.32 Å². The zero-order chi connectivity index (χ0) is 13.8. The Bertz CT molecular complexity index is 551. The Hall–Kier alpha value is -1.65. The Morgan fingerprint density at radius 3 is 2.74 bits per heavy atom. The number of hydrogen-bond acceptors (Lipinski definition) is 3. The molecule has 0 bridgehead atoms. The van der Waals surface area contributed by atoms with E-state index in [4.69, 9.17) is 9.15 Å². The molecule has 1 aromatic heterocycles. The SMILES string of the molecule is CNC(c1ccc(C)c(F)c1)c1ccc(COC)o1. The minimum Gasteiger partial charge on any atom is -0.462 e. The Morgan fingerprint density at radius 1 is 1.32 bits per heavy atom. The largest absolute Gasteiger partial charge is 0.462 e. The highest BCUT2D eigenvalue weighted by Gasteiger charge is 2.17. The maximum Gasteiger partial charge on any atom is 0.129 e. The molecule has 1 atom stereocenters. The summed E-state index contributed by atoms with van der Waals surface area (Å²) in [7, 11) is 3.44. The van der Waals surface area contributed by atoms with Crippen molar-refractivity contribution in [2.75, 3.05) is 14.2 Å². The van der Waals surface area contributed by atoms with Crippen LogP contribution in [0.1, 0.15) is 28.7 Å². The second kappa shape index (κ2) is 5.99. The van der Waals surface area contributed by atoms with E-state index in [-0.39, 0.29) is 11.9 Å². The van der Waals surface area contributed by atoms with E-state index in [0.717, 1.165) is 17.1 Å². The minimum atomic E-state index is -0.207. The van der Waals surface area contributed by atoms with Crippen molar-refractivity contribution >= 4 is 0 Å². The number of benzene rings is 1. The molecule has 0 aliphatic rings. The fourth-order valence-electron chi connectivity index (χ4n) is 2.03. The van der Waals surface area contributed by atoms with Gasteiger partial charge in [0, 0.05) is 7.11 Å². The van der Waals surface area contributed by atoms with Crippen LogP contribution in [-0.2, 0) is 11.3 Å². The molecule has 0 amide bonds. The maximum absolute atomic E-state index is 13.6. The summed E-state index contributed by atoms with van der Waals surface area (Å²) in [5, 5.41) is 3.14. The average molecular weight is 263 g/mol. The predicted molar refractivity (Wildman–Crippen MR) is 71.5 cm³/mol. The van der Waals surface area contributed by atoms with Crippen LogP contribution in [-0.4, -0.2) is 14.2 Å². The molecule has 0 radical (unpaired) electrons. The van der Waals surface area contributed by atoms with Crippen LogP contribution in [0.4, 0.5) is 4.39 Å². The van der Waals surface area contributed by atoms with Crippen molar-refractivity contribution in [3.63, 3.8) is 0 Å². The van der Waals surface area contributed by atoms with Crippen LogP contribution in [0.25, 0.3) is 0 Å². The second-order valence-corrected chi connectivity index (χ2v) is 4.47. The van der Waals surface area contributed by atoms with Crippen LogP contribution in [0.3, 0.4) is 0 Å². The molecule has 1 unspecified atom stereocenters. The van der Waals surface area contributed by atoms with E-state index in [2.05, 4.69) is 5.32 Å². The number of furan rings is 1. The van der Waals surface area contributed by atoms with Crippen molar-refractivity contribution in [3.8, 4) is 0 Å². The zero-order valence-corrected chi connectivity index (χ0v) is 11.4. The second-order valence-electron chi connectivity index (χ2n) is 4.47. The lowest BCUT2D eigenvalue weighted by atomic mass is 10.0. The van der Waals surface area contributed by atoms with Crippen LogP contribution in [0, 0.1) is 12.7 Å². The van der Waals surface area contributed by atoms with Gasteiger partial charge in [-0.05, 0) is 43.3 Å². The third-order valence-electron chi connectivity index (χ3n) is 3.07. The van der Waals surface area contributed by atoms with Gasteiger partial charge < -0.3 is 14.5 Å². The van der Waals surface area contributed by atoms with Crippen LogP contribution in [0.2, 0.25) is 0 Å². The van der Waals surface area contributed by atoms with Crippen LogP contribution in [0.15, 0.2) is 34.7 Å². The fraction of sp³-hybridized carbons (Fsp3) is 0.333. The highest BCUT2D eigenvalue weighted by Crippen LogP contribution is 2.25. The number of ether oxygens (including phenoxy) is 1. The van der Waals surface area contributed by atoms with Gasteiger partial charge in [-0.1, -0.05) is 12.1 Å². The van der Waals surface area contributed by atoms with Crippen molar-refractivity contribution in [3.05, 3.63) is 58.8 Å². The summed E-state index contributed by atoms with van der Waals surface area (Å²) in [6.07, 6.45) is 0. The molecule has 1 aromatic carbocycles. The Morgan fingerprint density at radius 2 is 2.11 bits per heavy atom. The van der Waals surface area contributed by atoms with E-state index >= 15 is 0 Å². The summed E-state index contributed by atoms with van der Waals surface area (Å²) in [6.45, 7) is 2.18. The molecular weight excluding hydrogens is 245 g/mol. The maximum atomic E-state index is 13.6. The molecule has 19 heavy (non-hydrogen) atoms. The van der Waals surface area contributed by atoms with Crippen molar-refractivity contribution in [1.29, 1.82) is 0 Å². The highest BCUT2D eigenvalue weighted by atomic mass is 19.1. The van der Waals surface area contributed by atoms with E-state index in [0.29, 0.717) is 12.2 Å². The first-order valence-corrected chi connectivity index (χ1v) is 6.16. The predicted octanol–water partition coefficient (Wildman–Crippen LogP) is 3.18. The van der Waals surface area contributed by atoms with Gasteiger partial charge >= 0.3 is 0 Å². The molecular formula is C15H18FNO2. The molecule has 102 valence electrons. The molecule has 0 aliphatic heterocycles. The Labute approximate surface area is 112 Å². The van der Waals surface area contributed by atoms with Gasteiger partial charge in [-0.15, -0.1) is 0 Å². The summed E-state index contributed by atoms with van der Waals surface area (Å²) in [5.41, 5.74) is 1.47. The molecule has 0 saturated carbocycles. The number of halogens is 1. The molecule has 2 aromatic rings. The zero-order valence-electron chi connectivity index (χ0n) is 11.4. The lowest BCUT2D eigenvalue weighted by Crippen LogP contribution is -2.17. The molecule has 1 heterocycles. The molecule has 0 fully saturated rings. The minimum absolute atomic E-state index is 0.166. The molecule has 4 heteroatoms. The van der Waals surface area contributed by atoms with Crippen molar-refractivity contribution < 1.29 is 13.5 Å². The van der Waals surface area contributed by atoms with Gasteiger partial charge in [-0.25, -0.2) is 4.39 Å². The molecule has 0 spiro atoms. The summed E-state index contributed by atoms with van der Waals surface area (Å²) in [4.78, 5) is 0. The van der Waals surface area contributed by atoms with Crippen LogP contribution >= 0.6 is 0 Å². The summed E-state index contributed by atoms with van der Waals surface area (Å²) in [6, 6.07) is 8.79. The van der Waals surface area contributed by atoms with Gasteiger partial charge in [0.1, 0.15) is 23.9 Å². The first-order valence-electron chi connectivity index (χ1n) is 6.16. The first-order chi connectivity index (χ1) is 9.15. The summed E-state index contributed by atoms with van der Waals surface area (Å²) >= 11 is 0. The fourth-order valence-corrected chi connectivity index (χ4v) is 2.03. The number of hydrogen-bond donors (Lipinski definition) is 1. The van der Waals surface area contributed by atoms with Gasteiger partial charge in [0.15, 0.2) is 0 Å². The van der Waals surface area contributed by atoms with E-state index in [1.165, 1.54) is 6.07 Å². The average Bonchev–Trinajstić information content (AvgIpc) is 2.83. The topological polar surface area (TPSA) is 34.4 Å². The van der Waals surface area contributed by atoms with E-state index < -0.39 is 0 Å². The number of aryl methyl sites for hydroxylation is 1. The van der Waals surface area contributed by atoms with E-state index in [1.807, 2.05) is 25.2 Å². The van der Waals surface area contributed by atoms with Crippen molar-refractivity contribution in [2.45, 2.75) is 19.6 Å². The lowest BCUT2D eigenvalue weighted by Gasteiger charge is -2.14. The normalized spacial score (nSPS) is 12.6. The standard InChI is InChI=1S/C15H18FNO2/c1-10-4-5-11(8-13(10)16)15(17-2)14-7-6-12(19-14)9-18-3/h4-8,15,17H,9H2,1-3H3. The number of nitrogens with one attached hydrogen (secondary N) is 1. The lowest BCUT2D eigenvalue weighted by molar-refractivity contribution is 0.162. The quantitative estimate of drug-likeness (QED) is 0.899. The summed E-state index contributed by atoms with van der Waals surface area (Å²) < 4.78 is 24.4. The summed E-state index contributed by atoms with van der Waals surface area (Å²) in [5.74, 6) is 1.30. The monoisotopic (exact) mass is 263 g/mol. The molecule has 1 N–H and O–H groups in total. The van der Waals surface area contributed by atoms with E-state index in [1.54, 1.807) is 20.1 Å². The Kier molecular flexibility index (Phi) is 4.35. The first kappa shape index (κ1) is 13.8. The molecule has 0 aliphatic carbocycles. The Balaban J connectivity index is 2.29. The van der Waals surface area contributed by atoms with Gasteiger partial charge in [0.05, 0.1) is 6.04 Å². The molecule has 3 nitrogen and oxygen atoms in total. The molecule has 2 rings (SSSR count). The van der Waals surface area contributed by atoms with Gasteiger partial charge in [0.25, 0.3) is 0 Å². The number of rotatable bonds is 5. The van der Waals surface area contributed by atoms with Crippen LogP contribution in [0.5, 0.6) is 0 Å². The number of methoxy groups -OCH3 is 1. The van der Waals surface area contributed by atoms with Crippen molar-refractivity contribution in [2.24, 2.45) is 0 Å². The highest BCUT2D eigenvalue weighted by molar-refractivity contribution is 5.30. The third kappa shape index (κ3) is 3.03.